The van der Waals surface area contributed by atoms with Crippen molar-refractivity contribution in [2.75, 3.05) is 5.32 Å². The summed E-state index contributed by atoms with van der Waals surface area (Å²) < 4.78 is 1.30. The summed E-state index contributed by atoms with van der Waals surface area (Å²) in [7, 11) is 0. The van der Waals surface area contributed by atoms with Crippen molar-refractivity contribution in [3.8, 4) is 0 Å². The van der Waals surface area contributed by atoms with Crippen LogP contribution in [0.5, 0.6) is 0 Å². The number of amides is 2. The zero-order valence-electron chi connectivity index (χ0n) is 17.9. The first-order valence-electron chi connectivity index (χ1n) is 9.82. The molecule has 0 fully saturated rings. The number of fused-ring (bicyclic) bond motifs is 1. The molecular weight excluding hydrogens is 406 g/mol. The van der Waals surface area contributed by atoms with Gasteiger partial charge in [0.05, 0.1) is 10.5 Å². The Hall–Kier alpha value is -2.75. The van der Waals surface area contributed by atoms with Gasteiger partial charge in [0.2, 0.25) is 5.91 Å². The highest BCUT2D eigenvalue weighted by atomic mass is 32.1. The summed E-state index contributed by atoms with van der Waals surface area (Å²) in [5, 5.41) is 18.5. The number of aromatic nitrogens is 2. The number of nitrogens with one attached hydrogen (secondary N) is 1. The zero-order valence-corrected chi connectivity index (χ0v) is 18.7. The van der Waals surface area contributed by atoms with Crippen molar-refractivity contribution in [3.05, 3.63) is 37.5 Å². The topological polar surface area (TPSA) is 133 Å². The Morgan fingerprint density at radius 3 is 2.57 bits per heavy atom. The van der Waals surface area contributed by atoms with Crippen LogP contribution in [0.3, 0.4) is 0 Å². The molecule has 2 amide bonds. The van der Waals surface area contributed by atoms with Gasteiger partial charge in [-0.3, -0.25) is 24.4 Å². The molecule has 162 valence electrons. The molecule has 1 atom stereocenters. The van der Waals surface area contributed by atoms with Crippen molar-refractivity contribution in [2.24, 2.45) is 17.1 Å². The molecule has 1 aliphatic rings. The van der Waals surface area contributed by atoms with Crippen molar-refractivity contribution in [1.82, 2.24) is 9.78 Å². The molecule has 0 radical (unpaired) electrons. The quantitative estimate of drug-likeness (QED) is 0.551. The monoisotopic (exact) mass is 433 g/mol. The van der Waals surface area contributed by atoms with Crippen molar-refractivity contribution in [2.45, 2.75) is 60.4 Å². The number of thiophene rings is 1. The van der Waals surface area contributed by atoms with Gasteiger partial charge in [0.1, 0.15) is 22.9 Å². The number of rotatable bonds is 5. The summed E-state index contributed by atoms with van der Waals surface area (Å²) in [6.07, 6.45) is 2.57. The van der Waals surface area contributed by atoms with Crippen LogP contribution in [-0.4, -0.2) is 26.5 Å². The molecule has 0 spiro atoms. The van der Waals surface area contributed by atoms with E-state index in [0.29, 0.717) is 22.2 Å². The maximum atomic E-state index is 12.6. The van der Waals surface area contributed by atoms with Gasteiger partial charge in [0.25, 0.3) is 5.91 Å². The molecule has 10 heteroatoms. The van der Waals surface area contributed by atoms with Crippen LogP contribution in [0.15, 0.2) is 0 Å². The summed E-state index contributed by atoms with van der Waals surface area (Å²) in [5.74, 6) is -0.481. The van der Waals surface area contributed by atoms with Crippen LogP contribution < -0.4 is 11.1 Å². The van der Waals surface area contributed by atoms with Gasteiger partial charge in [0.15, 0.2) is 0 Å². The van der Waals surface area contributed by atoms with Crippen molar-refractivity contribution >= 4 is 33.8 Å². The van der Waals surface area contributed by atoms with Gasteiger partial charge in [-0.2, -0.15) is 5.10 Å². The van der Waals surface area contributed by atoms with E-state index in [-0.39, 0.29) is 23.3 Å². The molecule has 2 heterocycles. The highest BCUT2D eigenvalue weighted by molar-refractivity contribution is 7.17. The second kappa shape index (κ2) is 7.82. The molecular formula is C20H27N5O4S. The number of nitrogens with two attached hydrogens (primary N) is 1. The van der Waals surface area contributed by atoms with Crippen molar-refractivity contribution < 1.29 is 14.5 Å². The van der Waals surface area contributed by atoms with Crippen LogP contribution in [0, 0.1) is 35.3 Å². The Bertz CT molecular complexity index is 1030. The fourth-order valence-corrected chi connectivity index (χ4v) is 5.43. The van der Waals surface area contributed by atoms with Crippen LogP contribution in [0.2, 0.25) is 0 Å². The third-order valence-electron chi connectivity index (χ3n) is 5.81. The van der Waals surface area contributed by atoms with Crippen LogP contribution in [0.1, 0.15) is 59.4 Å². The number of anilines is 1. The second-order valence-electron chi connectivity index (χ2n) is 8.86. The predicted octanol–water partition coefficient (Wildman–Crippen LogP) is 3.36. The molecule has 2 aromatic heterocycles. The van der Waals surface area contributed by atoms with E-state index >= 15 is 0 Å². The van der Waals surface area contributed by atoms with Crippen LogP contribution in [0.25, 0.3) is 0 Å². The van der Waals surface area contributed by atoms with Crippen LogP contribution in [0.4, 0.5) is 10.7 Å². The molecule has 0 aromatic carbocycles. The number of carbonyl (C=O) groups excluding carboxylic acids is 2. The average molecular weight is 434 g/mol. The highest BCUT2D eigenvalue weighted by Crippen LogP contribution is 2.44. The summed E-state index contributed by atoms with van der Waals surface area (Å²) in [4.78, 5) is 36.5. The largest absolute Gasteiger partial charge is 0.365 e. The number of primary amides is 1. The standard InChI is InChI=1S/C20H27N5O4S/c1-10-17(25(28)29)11(2)24(23-10)9-15(26)22-19-16(18(21)27)13-7-6-12(20(3,4)5)8-14(13)30-19/h12H,6-9H2,1-5H3,(H2,21,27)(H,22,26)/t12-/m1/s1. The van der Waals surface area contributed by atoms with Crippen LogP contribution in [-0.2, 0) is 24.2 Å². The normalized spacial score (nSPS) is 16.2. The van der Waals surface area contributed by atoms with E-state index < -0.39 is 16.7 Å². The number of hydrogen-bond acceptors (Lipinski definition) is 6. The molecule has 9 nitrogen and oxygen atoms in total. The Balaban J connectivity index is 1.84. The third-order valence-corrected chi connectivity index (χ3v) is 6.98. The predicted molar refractivity (Wildman–Crippen MR) is 115 cm³/mol. The fraction of sp³-hybridized carbons (Fsp3) is 0.550. The third kappa shape index (κ3) is 4.09. The Morgan fingerprint density at radius 2 is 2.03 bits per heavy atom. The SMILES string of the molecule is Cc1nn(CC(=O)Nc2sc3c(c2C(N)=O)CC[C@@H](C(C)(C)C)C3)c(C)c1[N+](=O)[O-]. The summed E-state index contributed by atoms with van der Waals surface area (Å²) in [5.41, 5.74) is 7.57. The van der Waals surface area contributed by atoms with Gasteiger partial charge < -0.3 is 11.1 Å². The molecule has 0 bridgehead atoms. The maximum absolute atomic E-state index is 12.6. The lowest BCUT2D eigenvalue weighted by Crippen LogP contribution is -2.27. The van der Waals surface area contributed by atoms with E-state index in [4.69, 9.17) is 5.73 Å². The molecule has 1 aliphatic carbocycles. The summed E-state index contributed by atoms with van der Waals surface area (Å²) in [6.45, 7) is 9.52. The van der Waals surface area contributed by atoms with Gasteiger partial charge in [-0.05, 0) is 50.0 Å². The molecule has 30 heavy (non-hydrogen) atoms. The van der Waals surface area contributed by atoms with E-state index in [1.165, 1.54) is 22.9 Å². The smallest absolute Gasteiger partial charge is 0.312 e. The lowest BCUT2D eigenvalue weighted by Gasteiger charge is -2.33. The number of nitro groups is 1. The Labute approximate surface area is 178 Å². The molecule has 2 aromatic rings. The highest BCUT2D eigenvalue weighted by Gasteiger charge is 2.33. The lowest BCUT2D eigenvalue weighted by atomic mass is 9.72. The number of nitrogens with zero attached hydrogens (tertiary/aromatic N) is 3. The number of aryl methyl sites for hydroxylation is 1. The van der Waals surface area contributed by atoms with Gasteiger partial charge in [-0.15, -0.1) is 11.3 Å². The minimum atomic E-state index is -0.557. The molecule has 0 aliphatic heterocycles. The lowest BCUT2D eigenvalue weighted by molar-refractivity contribution is -0.386. The Morgan fingerprint density at radius 1 is 1.37 bits per heavy atom. The van der Waals surface area contributed by atoms with Gasteiger partial charge in [-0.25, -0.2) is 0 Å². The molecule has 0 saturated heterocycles. The summed E-state index contributed by atoms with van der Waals surface area (Å²) in [6, 6.07) is 0. The van der Waals surface area contributed by atoms with Gasteiger partial charge in [-0.1, -0.05) is 20.8 Å². The first-order valence-corrected chi connectivity index (χ1v) is 10.6. The van der Waals surface area contributed by atoms with Crippen molar-refractivity contribution in [3.63, 3.8) is 0 Å². The zero-order chi connectivity index (χ0) is 22.4. The molecule has 0 saturated carbocycles. The van der Waals surface area contributed by atoms with E-state index in [9.17, 15) is 19.7 Å². The van der Waals surface area contributed by atoms with E-state index in [2.05, 4.69) is 31.2 Å². The van der Waals surface area contributed by atoms with E-state index in [0.717, 1.165) is 29.7 Å². The van der Waals surface area contributed by atoms with Gasteiger partial charge >= 0.3 is 5.69 Å². The van der Waals surface area contributed by atoms with Crippen LogP contribution >= 0.6 is 11.3 Å². The van der Waals surface area contributed by atoms with Crippen molar-refractivity contribution in [1.29, 1.82) is 0 Å². The Kier molecular flexibility index (Phi) is 5.72. The average Bonchev–Trinajstić information content (AvgIpc) is 3.09. The molecule has 3 N–H and O–H groups in total. The van der Waals surface area contributed by atoms with E-state index in [1.54, 1.807) is 6.92 Å². The van der Waals surface area contributed by atoms with E-state index in [1.807, 2.05) is 0 Å². The minimum Gasteiger partial charge on any atom is -0.365 e. The number of carbonyl (C=O) groups is 2. The first kappa shape index (κ1) is 21.9. The minimum absolute atomic E-state index is 0.0968. The second-order valence-corrected chi connectivity index (χ2v) is 9.97. The molecule has 0 unspecified atom stereocenters. The number of hydrogen-bond donors (Lipinski definition) is 2. The first-order chi connectivity index (χ1) is 13.9. The maximum Gasteiger partial charge on any atom is 0.312 e. The summed E-state index contributed by atoms with van der Waals surface area (Å²) >= 11 is 1.40. The fourth-order valence-electron chi connectivity index (χ4n) is 4.08. The van der Waals surface area contributed by atoms with Gasteiger partial charge in [0, 0.05) is 4.88 Å². The molecule has 3 rings (SSSR count).